The molecule has 0 spiro atoms. The number of fused-ring (bicyclic) bond motifs is 4. The maximum Gasteiger partial charge on any atom is 0.259 e. The molecule has 10 rings (SSSR count). The van der Waals surface area contributed by atoms with Crippen LogP contribution in [0.5, 0.6) is 0 Å². The van der Waals surface area contributed by atoms with Gasteiger partial charge >= 0.3 is 0 Å². The summed E-state index contributed by atoms with van der Waals surface area (Å²) in [6.07, 6.45) is 4.03. The number of piperazine rings is 2. The number of hydrogen-bond acceptors (Lipinski definition) is 10. The Morgan fingerprint density at radius 2 is 1.14 bits per heavy atom. The molecule has 4 fully saturated rings. The van der Waals surface area contributed by atoms with Gasteiger partial charge in [0.25, 0.3) is 11.8 Å². The highest BCUT2D eigenvalue weighted by Gasteiger charge is 2.33. The van der Waals surface area contributed by atoms with Crippen molar-refractivity contribution in [2.45, 2.75) is 64.6 Å². The molecule has 57 heavy (non-hydrogen) atoms. The van der Waals surface area contributed by atoms with E-state index in [1.165, 1.54) is 34.8 Å². The molecule has 0 bridgehead atoms. The molecular weight excluding hydrogens is 771 g/mol. The second kappa shape index (κ2) is 14.2. The van der Waals surface area contributed by atoms with Gasteiger partial charge in [-0.2, -0.15) is 0 Å². The van der Waals surface area contributed by atoms with Crippen LogP contribution in [0, 0.1) is 25.5 Å². The maximum absolute atomic E-state index is 15.1. The Bertz CT molecular complexity index is 2800. The van der Waals surface area contributed by atoms with Gasteiger partial charge in [0.1, 0.15) is 21.3 Å². The van der Waals surface area contributed by atoms with Crippen LogP contribution in [-0.4, -0.2) is 72.8 Å². The van der Waals surface area contributed by atoms with E-state index in [0.717, 1.165) is 79.1 Å². The minimum absolute atomic E-state index is 0.228. The van der Waals surface area contributed by atoms with Crippen LogP contribution in [0.1, 0.15) is 75.2 Å². The van der Waals surface area contributed by atoms with E-state index in [2.05, 4.69) is 26.7 Å². The molecule has 16 heteroatoms. The second-order valence-corrected chi connectivity index (χ2v) is 17.7. The van der Waals surface area contributed by atoms with Crippen LogP contribution in [0.15, 0.2) is 33.9 Å². The molecule has 1 unspecified atom stereocenters. The Labute approximate surface area is 334 Å². The van der Waals surface area contributed by atoms with Gasteiger partial charge in [0.05, 0.1) is 42.9 Å². The van der Waals surface area contributed by atoms with E-state index < -0.39 is 11.8 Å². The molecule has 2 aliphatic heterocycles. The van der Waals surface area contributed by atoms with Gasteiger partial charge in [0.2, 0.25) is 0 Å². The molecular formula is C41H44F2N8O4S2. The Hall–Kier alpha value is -4.90. The quantitative estimate of drug-likeness (QED) is 0.174. The predicted molar refractivity (Wildman–Crippen MR) is 225 cm³/mol. The van der Waals surface area contributed by atoms with Crippen molar-refractivity contribution in [2.24, 2.45) is 11.5 Å². The number of benzene rings is 2. The predicted octanol–water partition coefficient (Wildman–Crippen LogP) is 5.40. The molecule has 6 N–H and O–H groups in total. The van der Waals surface area contributed by atoms with Gasteiger partial charge < -0.3 is 41.0 Å². The zero-order valence-corrected chi connectivity index (χ0v) is 33.6. The molecule has 2 saturated carbocycles. The Balaban J connectivity index is 0.000000148. The maximum atomic E-state index is 15.1. The first-order chi connectivity index (χ1) is 27.3. The lowest BCUT2D eigenvalue weighted by atomic mass is 10.1. The third-order valence-electron chi connectivity index (χ3n) is 11.7. The van der Waals surface area contributed by atoms with E-state index in [-0.39, 0.29) is 40.6 Å². The van der Waals surface area contributed by atoms with Crippen LogP contribution >= 0.6 is 22.7 Å². The lowest BCUT2D eigenvalue weighted by molar-refractivity contribution is 0.0995. The van der Waals surface area contributed by atoms with Gasteiger partial charge in [-0.3, -0.25) is 19.2 Å². The average molecular weight is 815 g/mol. The number of carbonyl (C=O) groups excluding carboxylic acids is 2. The van der Waals surface area contributed by atoms with Crippen molar-refractivity contribution < 1.29 is 18.4 Å². The average Bonchev–Trinajstić information content (AvgIpc) is 4.12. The first kappa shape index (κ1) is 37.7. The molecule has 6 aromatic rings. The number of nitrogens with two attached hydrogens (primary N) is 2. The summed E-state index contributed by atoms with van der Waals surface area (Å²) in [6, 6.07) is 7.18. The summed E-state index contributed by atoms with van der Waals surface area (Å²) in [6.45, 7) is 10.8. The zero-order chi connectivity index (χ0) is 40.0. The number of amides is 2. The van der Waals surface area contributed by atoms with E-state index in [9.17, 15) is 23.6 Å². The third kappa shape index (κ3) is 6.37. The Morgan fingerprint density at radius 1 is 0.702 bits per heavy atom. The van der Waals surface area contributed by atoms with Crippen LogP contribution in [0.4, 0.5) is 20.2 Å². The number of aromatic nitrogens is 2. The van der Waals surface area contributed by atoms with Crippen molar-refractivity contribution in [1.29, 1.82) is 0 Å². The van der Waals surface area contributed by atoms with Crippen molar-refractivity contribution in [2.75, 3.05) is 55.6 Å². The van der Waals surface area contributed by atoms with Crippen molar-refractivity contribution in [3.63, 3.8) is 0 Å². The zero-order valence-electron chi connectivity index (χ0n) is 32.0. The summed E-state index contributed by atoms with van der Waals surface area (Å²) < 4.78 is 34.4. The van der Waals surface area contributed by atoms with Gasteiger partial charge in [0, 0.05) is 74.7 Å². The SMILES string of the molecule is Cc1c(C(N)=O)sc2c1c(=O)c1cc(F)c(N3CCNC(C)C3)cc1n2C1CC1.Cc1c(C(N)=O)sc2c1c(=O)c1cc(F)c(N3CCNCC3)cc1n2C1CC1. The fourth-order valence-corrected chi connectivity index (χ4v) is 11.1. The molecule has 0 radical (unpaired) electrons. The number of hydrogen-bond donors (Lipinski definition) is 4. The van der Waals surface area contributed by atoms with Gasteiger partial charge in [-0.05, 0) is 81.8 Å². The summed E-state index contributed by atoms with van der Waals surface area (Å²) in [5.41, 5.74) is 14.4. The molecule has 2 amide bonds. The van der Waals surface area contributed by atoms with Gasteiger partial charge in [-0.15, -0.1) is 22.7 Å². The molecule has 6 heterocycles. The second-order valence-electron chi connectivity index (χ2n) is 15.7. The number of rotatable bonds is 6. The lowest BCUT2D eigenvalue weighted by Crippen LogP contribution is -2.49. The normalized spacial score (nSPS) is 18.8. The van der Waals surface area contributed by atoms with Gasteiger partial charge in [-0.1, -0.05) is 0 Å². The van der Waals surface area contributed by atoms with E-state index >= 15 is 4.39 Å². The standard InChI is InChI=1S/C21H23FN4O2S.C20H21FN4O2S/c1-10-9-25(6-5-24-10)16-8-15-13(7-14(16)22)18(27)17-11(2)19(20(23)28)29-21(17)26(15)12-3-4-12;1-10-16-17(26)12-8-13(21)15(24-6-4-23-5-7-24)9-14(12)25(11-2-3-11)20(16)28-18(10)19(22)27/h7-8,10,12,24H,3-6,9H2,1-2H3,(H2,23,28);8-9,11,23H,2-7H2,1H3,(H2,22,27). The van der Waals surface area contributed by atoms with E-state index in [1.54, 1.807) is 13.8 Å². The smallest absolute Gasteiger partial charge is 0.259 e. The summed E-state index contributed by atoms with van der Waals surface area (Å²) in [4.78, 5) is 56.7. The largest absolute Gasteiger partial charge is 0.367 e. The molecule has 4 aliphatic rings. The highest BCUT2D eigenvalue weighted by molar-refractivity contribution is 7.21. The molecule has 1 atom stereocenters. The van der Waals surface area contributed by atoms with E-state index in [1.807, 2.05) is 21.9 Å². The number of nitrogens with zero attached hydrogens (tertiary/aromatic N) is 4. The number of primary amides is 2. The van der Waals surface area contributed by atoms with E-state index in [0.29, 0.717) is 66.9 Å². The summed E-state index contributed by atoms with van der Waals surface area (Å²) in [7, 11) is 0. The fourth-order valence-electron chi connectivity index (χ4n) is 8.62. The number of aryl methyl sites for hydroxylation is 2. The number of anilines is 2. The van der Waals surface area contributed by atoms with Crippen LogP contribution in [-0.2, 0) is 0 Å². The topological polar surface area (TPSA) is 161 Å². The Morgan fingerprint density at radius 3 is 1.56 bits per heavy atom. The van der Waals surface area contributed by atoms with Gasteiger partial charge in [-0.25, -0.2) is 8.78 Å². The molecule has 2 saturated heterocycles. The van der Waals surface area contributed by atoms with Crippen molar-refractivity contribution in [3.05, 3.63) is 77.2 Å². The minimum Gasteiger partial charge on any atom is -0.367 e. The van der Waals surface area contributed by atoms with E-state index in [4.69, 9.17) is 11.5 Å². The summed E-state index contributed by atoms with van der Waals surface area (Å²) >= 11 is 2.55. The fraction of sp³-hybridized carbons (Fsp3) is 0.415. The highest BCUT2D eigenvalue weighted by Crippen LogP contribution is 2.45. The van der Waals surface area contributed by atoms with Crippen LogP contribution in [0.2, 0.25) is 0 Å². The monoisotopic (exact) mass is 814 g/mol. The third-order valence-corrected chi connectivity index (χ3v) is 14.3. The summed E-state index contributed by atoms with van der Waals surface area (Å²) in [5, 5.41) is 8.36. The number of thiophene rings is 2. The molecule has 2 aliphatic carbocycles. The minimum atomic E-state index is -0.531. The first-order valence-electron chi connectivity index (χ1n) is 19.5. The van der Waals surface area contributed by atoms with Crippen LogP contribution in [0.3, 0.4) is 0 Å². The molecule has 298 valence electrons. The van der Waals surface area contributed by atoms with Gasteiger partial charge in [0.15, 0.2) is 10.9 Å². The molecule has 12 nitrogen and oxygen atoms in total. The number of nitrogens with one attached hydrogen (secondary N) is 2. The molecule has 4 aromatic heterocycles. The number of carbonyl (C=O) groups is 2. The Kier molecular flexibility index (Phi) is 9.37. The molecule has 2 aromatic carbocycles. The van der Waals surface area contributed by atoms with Crippen molar-refractivity contribution in [1.82, 2.24) is 19.8 Å². The number of pyridine rings is 2. The lowest BCUT2D eigenvalue weighted by Gasteiger charge is -2.34. The van der Waals surface area contributed by atoms with Crippen molar-refractivity contribution >= 4 is 88.1 Å². The van der Waals surface area contributed by atoms with Crippen LogP contribution in [0.25, 0.3) is 42.2 Å². The van der Waals surface area contributed by atoms with Crippen molar-refractivity contribution in [3.8, 4) is 0 Å². The highest BCUT2D eigenvalue weighted by atomic mass is 32.1. The first-order valence-corrected chi connectivity index (χ1v) is 21.1. The number of halogens is 2. The van der Waals surface area contributed by atoms with Crippen LogP contribution < -0.4 is 42.8 Å². The summed E-state index contributed by atoms with van der Waals surface area (Å²) in [5.74, 6) is -1.82.